The molecule has 0 radical (unpaired) electrons. The predicted octanol–water partition coefficient (Wildman–Crippen LogP) is 9.11. The molecule has 36 heavy (non-hydrogen) atoms. The average Bonchev–Trinajstić information content (AvgIpc) is 2.86. The Kier molecular flexibility index (Phi) is 8.36. The minimum atomic E-state index is -3.62. The summed E-state index contributed by atoms with van der Waals surface area (Å²) in [6.45, 7) is 2.11. The third kappa shape index (κ3) is 6.09. The van der Waals surface area contributed by atoms with Crippen molar-refractivity contribution in [2.45, 2.75) is 76.7 Å². The third-order valence-electron chi connectivity index (χ3n) is 7.75. The van der Waals surface area contributed by atoms with Crippen molar-refractivity contribution in [2.75, 3.05) is 0 Å². The maximum absolute atomic E-state index is 14.7. The van der Waals surface area contributed by atoms with Crippen molar-refractivity contribution in [3.8, 4) is 5.75 Å². The van der Waals surface area contributed by atoms with Crippen LogP contribution in [0.15, 0.2) is 42.5 Å². The first-order chi connectivity index (χ1) is 17.2. The Bertz CT molecular complexity index is 1050. The predicted molar refractivity (Wildman–Crippen MR) is 127 cm³/mol. The first-order valence-corrected chi connectivity index (χ1v) is 12.9. The van der Waals surface area contributed by atoms with Crippen molar-refractivity contribution in [1.82, 2.24) is 0 Å². The largest absolute Gasteiger partial charge is 0.432 e. The molecule has 196 valence electrons. The van der Waals surface area contributed by atoms with Crippen LogP contribution in [-0.2, 0) is 6.42 Å². The number of rotatable bonds is 8. The fraction of sp³-hybridized carbons (Fsp3) is 0.517. The molecule has 4 rings (SSSR count). The van der Waals surface area contributed by atoms with Crippen LogP contribution in [0.5, 0.6) is 5.75 Å². The summed E-state index contributed by atoms with van der Waals surface area (Å²) in [5, 5.41) is 0. The number of ether oxygens (including phenoxy) is 1. The second-order valence-corrected chi connectivity index (χ2v) is 10.2. The number of aryl methyl sites for hydroxylation is 1. The number of benzene rings is 2. The molecule has 2 unspecified atom stereocenters. The smallest absolute Gasteiger partial charge is 0.400 e. The highest BCUT2D eigenvalue weighted by Crippen LogP contribution is 2.45. The molecule has 0 amide bonds. The number of alkyl halides is 2. The van der Waals surface area contributed by atoms with Gasteiger partial charge < -0.3 is 4.74 Å². The summed E-state index contributed by atoms with van der Waals surface area (Å²) in [6.07, 6.45) is 6.80. The van der Waals surface area contributed by atoms with Crippen LogP contribution in [-0.4, -0.2) is 6.11 Å². The molecule has 0 aromatic heterocycles. The molecule has 0 saturated heterocycles. The normalized spacial score (nSPS) is 24.6. The van der Waals surface area contributed by atoms with Crippen molar-refractivity contribution >= 4 is 0 Å². The summed E-state index contributed by atoms with van der Waals surface area (Å²) in [5.41, 5.74) is 1.72. The highest BCUT2D eigenvalue weighted by Gasteiger charge is 2.45. The SMILES string of the molecule is CCCCc1ccc(C2C=CC(C3CCC(C(F)(F)Oc4cc(F)c(F)c(F)c4)CC3)CC2)c(F)c1. The lowest BCUT2D eigenvalue weighted by atomic mass is 9.71. The van der Waals surface area contributed by atoms with E-state index in [2.05, 4.69) is 23.8 Å². The van der Waals surface area contributed by atoms with E-state index >= 15 is 0 Å². The van der Waals surface area contributed by atoms with Crippen LogP contribution in [0.3, 0.4) is 0 Å². The average molecular weight is 511 g/mol. The van der Waals surface area contributed by atoms with Gasteiger partial charge in [-0.1, -0.05) is 37.6 Å². The molecular weight excluding hydrogens is 478 g/mol. The Balaban J connectivity index is 1.32. The third-order valence-corrected chi connectivity index (χ3v) is 7.75. The van der Waals surface area contributed by atoms with Gasteiger partial charge in [-0.05, 0) is 80.4 Å². The lowest BCUT2D eigenvalue weighted by Gasteiger charge is -2.37. The van der Waals surface area contributed by atoms with E-state index in [1.165, 1.54) is 0 Å². The van der Waals surface area contributed by atoms with E-state index < -0.39 is 35.2 Å². The molecule has 1 nitrogen and oxygen atoms in total. The van der Waals surface area contributed by atoms with E-state index in [1.807, 2.05) is 12.1 Å². The Morgan fingerprint density at radius 1 is 0.833 bits per heavy atom. The Morgan fingerprint density at radius 3 is 2.11 bits per heavy atom. The van der Waals surface area contributed by atoms with Gasteiger partial charge in [-0.25, -0.2) is 17.6 Å². The zero-order chi connectivity index (χ0) is 25.9. The first kappa shape index (κ1) is 26.6. The van der Waals surface area contributed by atoms with Gasteiger partial charge in [-0.3, -0.25) is 0 Å². The number of hydrogen-bond donors (Lipinski definition) is 0. The summed E-state index contributed by atoms with van der Waals surface area (Å²) in [6, 6.07) is 6.41. The molecule has 2 aromatic carbocycles. The lowest BCUT2D eigenvalue weighted by Crippen LogP contribution is -2.38. The van der Waals surface area contributed by atoms with Crippen LogP contribution < -0.4 is 4.74 Å². The molecule has 7 heteroatoms. The fourth-order valence-electron chi connectivity index (χ4n) is 5.62. The van der Waals surface area contributed by atoms with Crippen LogP contribution in [0.1, 0.15) is 75.3 Å². The molecule has 0 bridgehead atoms. The van der Waals surface area contributed by atoms with Crippen LogP contribution in [0.2, 0.25) is 0 Å². The standard InChI is InChI=1S/C29H32F6O/c1-2-3-4-18-5-14-24(25(30)15-18)21-8-6-19(7-9-21)20-10-12-22(13-11-20)29(34,35)36-23-16-26(31)28(33)27(32)17-23/h5-6,8,14-17,19-22H,2-4,7,9-13H2,1H3. The van der Waals surface area contributed by atoms with E-state index in [1.54, 1.807) is 6.07 Å². The molecule has 1 fully saturated rings. The van der Waals surface area contributed by atoms with E-state index in [0.717, 1.165) is 37.7 Å². The molecule has 2 atom stereocenters. The molecular formula is C29H32F6O. The fourth-order valence-corrected chi connectivity index (χ4v) is 5.62. The van der Waals surface area contributed by atoms with Gasteiger partial charge in [0, 0.05) is 18.1 Å². The van der Waals surface area contributed by atoms with Gasteiger partial charge in [0.2, 0.25) is 0 Å². The topological polar surface area (TPSA) is 9.23 Å². The van der Waals surface area contributed by atoms with Crippen molar-refractivity contribution in [1.29, 1.82) is 0 Å². The van der Waals surface area contributed by atoms with Crippen molar-refractivity contribution in [2.24, 2.45) is 17.8 Å². The summed E-state index contributed by atoms with van der Waals surface area (Å²) in [7, 11) is 0. The molecule has 0 heterocycles. The first-order valence-electron chi connectivity index (χ1n) is 12.9. The summed E-state index contributed by atoms with van der Waals surface area (Å²) >= 11 is 0. The van der Waals surface area contributed by atoms with Gasteiger partial charge in [0.25, 0.3) is 0 Å². The van der Waals surface area contributed by atoms with E-state index in [0.29, 0.717) is 30.5 Å². The monoisotopic (exact) mass is 510 g/mol. The van der Waals surface area contributed by atoms with Crippen molar-refractivity contribution in [3.05, 3.63) is 76.9 Å². The van der Waals surface area contributed by atoms with Gasteiger partial charge in [0.15, 0.2) is 17.5 Å². The number of hydrogen-bond acceptors (Lipinski definition) is 1. The molecule has 2 aromatic rings. The van der Waals surface area contributed by atoms with Crippen LogP contribution >= 0.6 is 0 Å². The second kappa shape index (κ2) is 11.3. The maximum atomic E-state index is 14.7. The van der Waals surface area contributed by atoms with E-state index in [-0.39, 0.29) is 36.4 Å². The van der Waals surface area contributed by atoms with Crippen molar-refractivity contribution < 1.29 is 31.1 Å². The minimum Gasteiger partial charge on any atom is -0.432 e. The zero-order valence-electron chi connectivity index (χ0n) is 20.4. The Hall–Kier alpha value is -2.44. The van der Waals surface area contributed by atoms with Crippen LogP contribution in [0, 0.1) is 41.0 Å². The Labute approximate surface area is 208 Å². The van der Waals surface area contributed by atoms with Crippen LogP contribution in [0.25, 0.3) is 0 Å². The minimum absolute atomic E-state index is 0.0204. The van der Waals surface area contributed by atoms with Crippen molar-refractivity contribution in [3.63, 3.8) is 0 Å². The number of allylic oxidation sites excluding steroid dienone is 2. The molecule has 0 spiro atoms. The Morgan fingerprint density at radius 2 is 1.53 bits per heavy atom. The molecule has 0 N–H and O–H groups in total. The van der Waals surface area contributed by atoms with Gasteiger partial charge in [0.05, 0.1) is 5.92 Å². The van der Waals surface area contributed by atoms with E-state index in [9.17, 15) is 26.3 Å². The number of halogens is 6. The molecule has 0 aliphatic heterocycles. The molecule has 1 saturated carbocycles. The quantitative estimate of drug-likeness (QED) is 0.195. The molecule has 2 aliphatic carbocycles. The summed E-state index contributed by atoms with van der Waals surface area (Å²) < 4.78 is 88.5. The van der Waals surface area contributed by atoms with Crippen LogP contribution in [0.4, 0.5) is 26.3 Å². The molecule has 2 aliphatic rings. The number of unbranched alkanes of at least 4 members (excludes halogenated alkanes) is 1. The zero-order valence-corrected chi connectivity index (χ0v) is 20.4. The summed E-state index contributed by atoms with van der Waals surface area (Å²) in [4.78, 5) is 0. The highest BCUT2D eigenvalue weighted by molar-refractivity contribution is 5.31. The van der Waals surface area contributed by atoms with Gasteiger partial charge >= 0.3 is 6.11 Å². The van der Waals surface area contributed by atoms with Gasteiger partial charge in [-0.2, -0.15) is 8.78 Å². The van der Waals surface area contributed by atoms with Gasteiger partial charge in [0.1, 0.15) is 11.6 Å². The summed E-state index contributed by atoms with van der Waals surface area (Å²) in [5.74, 6) is -6.33. The van der Waals surface area contributed by atoms with E-state index in [4.69, 9.17) is 0 Å². The van der Waals surface area contributed by atoms with Gasteiger partial charge in [-0.15, -0.1) is 0 Å². The second-order valence-electron chi connectivity index (χ2n) is 10.2. The lowest BCUT2D eigenvalue weighted by molar-refractivity contribution is -0.224. The maximum Gasteiger partial charge on any atom is 0.400 e. The highest BCUT2D eigenvalue weighted by atomic mass is 19.3.